The third-order valence-electron chi connectivity index (χ3n) is 5.33. The van der Waals surface area contributed by atoms with E-state index >= 15 is 0 Å². The minimum absolute atomic E-state index is 0.183. The summed E-state index contributed by atoms with van der Waals surface area (Å²) in [4.78, 5) is 4.59. The monoisotopic (exact) mass is 372 g/mol. The maximum atomic E-state index is 11.0. The molecule has 0 atom stereocenters. The molecular weight excluding hydrogens is 340 g/mol. The summed E-state index contributed by atoms with van der Waals surface area (Å²) in [7, 11) is 2.08. The minimum Gasteiger partial charge on any atom is -0.491 e. The lowest BCUT2D eigenvalue weighted by Gasteiger charge is -2.39. The Hall–Kier alpha value is -1.98. The standard InChI is InChI=1S/C22H32N2O3/c1-18(2)27-21-6-4-20(5-7-21)23(3)12-9-22(25)10-13-24(14-11-22)16-19-8-15-26-17-19/h4-8,15,17-18,25H,9-14,16H2,1-3H3. The summed E-state index contributed by atoms with van der Waals surface area (Å²) in [5, 5.41) is 11.0. The van der Waals surface area contributed by atoms with Crippen molar-refractivity contribution in [3.63, 3.8) is 0 Å². The first-order chi connectivity index (χ1) is 12.9. The lowest BCUT2D eigenvalue weighted by atomic mass is 9.88. The van der Waals surface area contributed by atoms with Crippen LogP contribution in [0.2, 0.25) is 0 Å². The Bertz CT molecular complexity index is 674. The highest BCUT2D eigenvalue weighted by molar-refractivity contribution is 5.48. The van der Waals surface area contributed by atoms with E-state index in [2.05, 4.69) is 29.0 Å². The van der Waals surface area contributed by atoms with Gasteiger partial charge in [-0.15, -0.1) is 0 Å². The van der Waals surface area contributed by atoms with E-state index in [0.717, 1.165) is 56.9 Å². The number of anilines is 1. The third-order valence-corrected chi connectivity index (χ3v) is 5.33. The van der Waals surface area contributed by atoms with Crippen LogP contribution in [0.5, 0.6) is 5.75 Å². The molecule has 0 amide bonds. The normalized spacial score (nSPS) is 17.2. The van der Waals surface area contributed by atoms with Gasteiger partial charge in [-0.05, 0) is 63.4 Å². The number of rotatable bonds is 8. The van der Waals surface area contributed by atoms with Crippen molar-refractivity contribution >= 4 is 5.69 Å². The molecule has 1 N–H and O–H groups in total. The van der Waals surface area contributed by atoms with E-state index in [0.29, 0.717) is 0 Å². The van der Waals surface area contributed by atoms with E-state index in [9.17, 15) is 5.11 Å². The van der Waals surface area contributed by atoms with Gasteiger partial charge in [-0.1, -0.05) is 0 Å². The van der Waals surface area contributed by atoms with Gasteiger partial charge in [0.2, 0.25) is 0 Å². The van der Waals surface area contributed by atoms with Crippen LogP contribution in [0.3, 0.4) is 0 Å². The summed E-state index contributed by atoms with van der Waals surface area (Å²) < 4.78 is 10.8. The van der Waals surface area contributed by atoms with E-state index in [1.54, 1.807) is 12.5 Å². The summed E-state index contributed by atoms with van der Waals surface area (Å²) >= 11 is 0. The Labute approximate surface area is 162 Å². The number of hydrogen-bond acceptors (Lipinski definition) is 5. The Morgan fingerprint density at radius 1 is 1.19 bits per heavy atom. The number of likely N-dealkylation sites (tertiary alicyclic amines) is 1. The van der Waals surface area contributed by atoms with Crippen molar-refractivity contribution < 1.29 is 14.3 Å². The summed E-state index contributed by atoms with van der Waals surface area (Å²) in [5.74, 6) is 0.894. The van der Waals surface area contributed by atoms with Crippen LogP contribution in [0.4, 0.5) is 5.69 Å². The van der Waals surface area contributed by atoms with E-state index in [-0.39, 0.29) is 6.10 Å². The first-order valence-corrected chi connectivity index (χ1v) is 9.87. The molecule has 0 radical (unpaired) electrons. The number of ether oxygens (including phenoxy) is 1. The molecule has 0 saturated carbocycles. The van der Waals surface area contributed by atoms with Crippen LogP contribution < -0.4 is 9.64 Å². The Kier molecular flexibility index (Phi) is 6.45. The largest absolute Gasteiger partial charge is 0.491 e. The van der Waals surface area contributed by atoms with Gasteiger partial charge in [-0.3, -0.25) is 4.90 Å². The van der Waals surface area contributed by atoms with Crippen LogP contribution in [0.25, 0.3) is 0 Å². The molecule has 27 heavy (non-hydrogen) atoms. The number of nitrogens with zero attached hydrogens (tertiary/aromatic N) is 2. The number of hydrogen-bond donors (Lipinski definition) is 1. The predicted molar refractivity (Wildman–Crippen MR) is 108 cm³/mol. The second kappa shape index (κ2) is 8.81. The predicted octanol–water partition coefficient (Wildman–Crippen LogP) is 3.92. The van der Waals surface area contributed by atoms with Gasteiger partial charge in [0.05, 0.1) is 24.2 Å². The molecule has 1 saturated heterocycles. The molecule has 1 aromatic carbocycles. The smallest absolute Gasteiger partial charge is 0.119 e. The lowest BCUT2D eigenvalue weighted by Crippen LogP contribution is -2.45. The summed E-state index contributed by atoms with van der Waals surface area (Å²) in [6.07, 6.45) is 6.12. The molecule has 0 unspecified atom stereocenters. The highest BCUT2D eigenvalue weighted by Crippen LogP contribution is 2.28. The molecule has 0 spiro atoms. The van der Waals surface area contributed by atoms with Gasteiger partial charge in [0.15, 0.2) is 0 Å². The zero-order valence-corrected chi connectivity index (χ0v) is 16.7. The molecule has 2 aromatic rings. The fourth-order valence-electron chi connectivity index (χ4n) is 3.57. The van der Waals surface area contributed by atoms with E-state index in [1.165, 1.54) is 5.56 Å². The van der Waals surface area contributed by atoms with Crippen molar-refractivity contribution in [2.45, 2.75) is 51.4 Å². The average Bonchev–Trinajstić information content (AvgIpc) is 3.15. The molecule has 2 heterocycles. The van der Waals surface area contributed by atoms with Gasteiger partial charge in [0, 0.05) is 44.5 Å². The quantitative estimate of drug-likeness (QED) is 0.761. The van der Waals surface area contributed by atoms with Gasteiger partial charge >= 0.3 is 0 Å². The minimum atomic E-state index is -0.568. The van der Waals surface area contributed by atoms with Crippen molar-refractivity contribution in [2.75, 3.05) is 31.6 Å². The van der Waals surface area contributed by atoms with Crippen LogP contribution in [0.15, 0.2) is 47.3 Å². The fourth-order valence-corrected chi connectivity index (χ4v) is 3.57. The molecule has 1 aliphatic heterocycles. The SMILES string of the molecule is CC(C)Oc1ccc(N(C)CCC2(O)CCN(Cc3ccoc3)CC2)cc1. The van der Waals surface area contributed by atoms with Crippen molar-refractivity contribution in [3.8, 4) is 5.75 Å². The van der Waals surface area contributed by atoms with Crippen molar-refractivity contribution in [2.24, 2.45) is 0 Å². The maximum absolute atomic E-state index is 11.0. The molecule has 5 heteroatoms. The third kappa shape index (κ3) is 5.75. The summed E-state index contributed by atoms with van der Waals surface area (Å²) in [6.45, 7) is 7.64. The first kappa shape index (κ1) is 19.8. The molecule has 1 aromatic heterocycles. The fraction of sp³-hybridized carbons (Fsp3) is 0.545. The molecule has 0 aliphatic carbocycles. The van der Waals surface area contributed by atoms with Gasteiger partial charge in [0.1, 0.15) is 5.75 Å². The van der Waals surface area contributed by atoms with Crippen LogP contribution >= 0.6 is 0 Å². The zero-order chi connectivity index (χ0) is 19.3. The Balaban J connectivity index is 1.45. The summed E-state index contributed by atoms with van der Waals surface area (Å²) in [6, 6.07) is 10.2. The van der Waals surface area contributed by atoms with Crippen molar-refractivity contribution in [1.29, 1.82) is 0 Å². The van der Waals surface area contributed by atoms with Gasteiger partial charge in [-0.25, -0.2) is 0 Å². The molecule has 0 bridgehead atoms. The maximum Gasteiger partial charge on any atom is 0.119 e. The Morgan fingerprint density at radius 3 is 2.48 bits per heavy atom. The number of aliphatic hydroxyl groups is 1. The highest BCUT2D eigenvalue weighted by Gasteiger charge is 2.32. The second-order valence-electron chi connectivity index (χ2n) is 7.96. The van der Waals surface area contributed by atoms with Crippen molar-refractivity contribution in [3.05, 3.63) is 48.4 Å². The van der Waals surface area contributed by atoms with Crippen LogP contribution in [0.1, 0.15) is 38.7 Å². The molecule has 148 valence electrons. The van der Waals surface area contributed by atoms with E-state index in [4.69, 9.17) is 9.15 Å². The van der Waals surface area contributed by atoms with Gasteiger partial charge in [0.25, 0.3) is 0 Å². The Morgan fingerprint density at radius 2 is 1.89 bits per heavy atom. The van der Waals surface area contributed by atoms with E-state index in [1.807, 2.05) is 32.0 Å². The topological polar surface area (TPSA) is 49.1 Å². The highest BCUT2D eigenvalue weighted by atomic mass is 16.5. The van der Waals surface area contributed by atoms with E-state index < -0.39 is 5.60 Å². The second-order valence-corrected chi connectivity index (χ2v) is 7.96. The molecule has 1 aliphatic rings. The summed E-state index contributed by atoms with van der Waals surface area (Å²) in [5.41, 5.74) is 1.78. The number of furan rings is 1. The molecular formula is C22H32N2O3. The lowest BCUT2D eigenvalue weighted by molar-refractivity contribution is -0.0275. The average molecular weight is 373 g/mol. The van der Waals surface area contributed by atoms with Crippen LogP contribution in [0, 0.1) is 0 Å². The molecule has 1 fully saturated rings. The zero-order valence-electron chi connectivity index (χ0n) is 16.7. The van der Waals surface area contributed by atoms with Crippen LogP contribution in [-0.4, -0.2) is 48.4 Å². The van der Waals surface area contributed by atoms with Crippen LogP contribution in [-0.2, 0) is 6.54 Å². The van der Waals surface area contributed by atoms with Crippen molar-refractivity contribution in [1.82, 2.24) is 4.90 Å². The number of piperidine rings is 1. The van der Waals surface area contributed by atoms with Gasteiger partial charge in [-0.2, -0.15) is 0 Å². The van der Waals surface area contributed by atoms with Gasteiger partial charge < -0.3 is 19.2 Å². The molecule has 5 nitrogen and oxygen atoms in total. The number of benzene rings is 1. The first-order valence-electron chi connectivity index (χ1n) is 9.87. The molecule has 3 rings (SSSR count).